The Morgan fingerprint density at radius 1 is 1.14 bits per heavy atom. The molecule has 2 aromatic rings. The summed E-state index contributed by atoms with van der Waals surface area (Å²) in [7, 11) is 0. The molecule has 0 aromatic heterocycles. The summed E-state index contributed by atoms with van der Waals surface area (Å²) in [6.45, 7) is 0. The lowest BCUT2D eigenvalue weighted by Gasteiger charge is -2.24. The van der Waals surface area contributed by atoms with Crippen LogP contribution in [0.3, 0.4) is 0 Å². The number of para-hydroxylation sites is 1. The summed E-state index contributed by atoms with van der Waals surface area (Å²) >= 11 is 13.3. The topological polar surface area (TPSA) is 40.5 Å². The van der Waals surface area contributed by atoms with Gasteiger partial charge in [0.1, 0.15) is 0 Å². The average molecular weight is 338 g/mol. The Labute approximate surface area is 135 Å². The number of halogens is 2. The molecule has 0 saturated heterocycles. The Hall–Kier alpha value is -1.62. The predicted octanol–water partition coefficient (Wildman–Crippen LogP) is 4.92. The Morgan fingerprint density at radius 3 is 2.52 bits per heavy atom. The highest BCUT2D eigenvalue weighted by atomic mass is 35.5. The molecule has 1 aliphatic rings. The number of aromatic hydroxyl groups is 1. The van der Waals surface area contributed by atoms with E-state index in [1.807, 2.05) is 29.7 Å². The second-order valence-corrected chi connectivity index (χ2v) is 6.10. The van der Waals surface area contributed by atoms with Gasteiger partial charge in [0.25, 0.3) is 5.91 Å². The molecule has 106 valence electrons. The van der Waals surface area contributed by atoms with E-state index in [9.17, 15) is 9.90 Å². The van der Waals surface area contributed by atoms with Crippen molar-refractivity contribution >= 4 is 46.6 Å². The molecule has 1 amide bonds. The number of carbonyl (C=O) groups is 1. The van der Waals surface area contributed by atoms with E-state index in [1.165, 1.54) is 17.0 Å². The zero-order valence-corrected chi connectivity index (χ0v) is 12.9. The standard InChI is InChI=1S/C15H9Cl2NO2S/c16-10-7-9(8-11(17)14(10)19)15(20)18-5-6-21-13-4-2-1-3-12(13)18/h1-8,19H. The number of hydrogen-bond acceptors (Lipinski definition) is 3. The first-order valence-corrected chi connectivity index (χ1v) is 7.65. The fourth-order valence-electron chi connectivity index (χ4n) is 2.01. The van der Waals surface area contributed by atoms with Gasteiger partial charge < -0.3 is 5.11 Å². The number of carbonyl (C=O) groups excluding carboxylic acids is 1. The van der Waals surface area contributed by atoms with Crippen LogP contribution in [0.2, 0.25) is 10.0 Å². The van der Waals surface area contributed by atoms with E-state index >= 15 is 0 Å². The number of fused-ring (bicyclic) bond motifs is 1. The quantitative estimate of drug-likeness (QED) is 0.802. The van der Waals surface area contributed by atoms with Gasteiger partial charge in [-0.2, -0.15) is 0 Å². The van der Waals surface area contributed by atoms with Crippen molar-refractivity contribution < 1.29 is 9.90 Å². The molecule has 1 heterocycles. The van der Waals surface area contributed by atoms with E-state index in [0.717, 1.165) is 10.6 Å². The van der Waals surface area contributed by atoms with Crippen LogP contribution in [0.15, 0.2) is 52.9 Å². The molecule has 0 spiro atoms. The van der Waals surface area contributed by atoms with Crippen molar-refractivity contribution in [1.29, 1.82) is 0 Å². The van der Waals surface area contributed by atoms with Crippen LogP contribution in [0.4, 0.5) is 5.69 Å². The molecule has 3 nitrogen and oxygen atoms in total. The van der Waals surface area contributed by atoms with Crippen LogP contribution < -0.4 is 4.90 Å². The molecule has 0 radical (unpaired) electrons. The number of rotatable bonds is 1. The lowest BCUT2D eigenvalue weighted by Crippen LogP contribution is -2.26. The fraction of sp³-hybridized carbons (Fsp3) is 0. The highest BCUT2D eigenvalue weighted by Gasteiger charge is 2.22. The second kappa shape index (κ2) is 5.64. The molecule has 3 rings (SSSR count). The van der Waals surface area contributed by atoms with Crippen LogP contribution in [-0.2, 0) is 0 Å². The van der Waals surface area contributed by atoms with Gasteiger partial charge in [0.15, 0.2) is 5.75 Å². The zero-order valence-electron chi connectivity index (χ0n) is 10.6. The van der Waals surface area contributed by atoms with Crippen LogP contribution in [0, 0.1) is 0 Å². The Kier molecular flexibility index (Phi) is 3.85. The third-order valence-electron chi connectivity index (χ3n) is 3.01. The van der Waals surface area contributed by atoms with Crippen LogP contribution in [0.5, 0.6) is 5.75 Å². The molecular formula is C15H9Cl2NO2S. The smallest absolute Gasteiger partial charge is 0.262 e. The molecule has 0 unspecified atom stereocenters. The van der Waals surface area contributed by atoms with Gasteiger partial charge in [-0.25, -0.2) is 0 Å². The van der Waals surface area contributed by atoms with Crippen molar-refractivity contribution in [3.8, 4) is 5.75 Å². The van der Waals surface area contributed by atoms with E-state index in [4.69, 9.17) is 23.2 Å². The Bertz CT molecular complexity index is 738. The van der Waals surface area contributed by atoms with E-state index in [0.29, 0.717) is 5.56 Å². The summed E-state index contributed by atoms with van der Waals surface area (Å²) < 4.78 is 0. The Balaban J connectivity index is 2.03. The molecule has 0 fully saturated rings. The van der Waals surface area contributed by atoms with Crippen LogP contribution >= 0.6 is 35.0 Å². The monoisotopic (exact) mass is 337 g/mol. The second-order valence-electron chi connectivity index (χ2n) is 4.33. The van der Waals surface area contributed by atoms with Crippen LogP contribution in [0.25, 0.3) is 0 Å². The predicted molar refractivity (Wildman–Crippen MR) is 86.4 cm³/mol. The molecule has 0 bridgehead atoms. The van der Waals surface area contributed by atoms with E-state index < -0.39 is 0 Å². The molecule has 1 N–H and O–H groups in total. The van der Waals surface area contributed by atoms with Crippen molar-refractivity contribution in [3.05, 3.63) is 63.6 Å². The van der Waals surface area contributed by atoms with Gasteiger partial charge in [0.2, 0.25) is 0 Å². The number of phenols is 1. The first kappa shape index (κ1) is 14.3. The minimum atomic E-state index is -0.261. The van der Waals surface area contributed by atoms with E-state index in [-0.39, 0.29) is 21.7 Å². The summed E-state index contributed by atoms with van der Waals surface area (Å²) in [4.78, 5) is 15.2. The molecule has 0 aliphatic carbocycles. The third-order valence-corrected chi connectivity index (χ3v) is 4.45. The summed E-state index contributed by atoms with van der Waals surface area (Å²) in [6.07, 6.45) is 1.70. The maximum absolute atomic E-state index is 12.6. The van der Waals surface area contributed by atoms with Gasteiger partial charge in [-0.1, -0.05) is 47.1 Å². The van der Waals surface area contributed by atoms with E-state index in [1.54, 1.807) is 18.0 Å². The lowest BCUT2D eigenvalue weighted by molar-refractivity contribution is 0.0997. The van der Waals surface area contributed by atoms with Gasteiger partial charge in [0, 0.05) is 16.7 Å². The van der Waals surface area contributed by atoms with Gasteiger partial charge in [-0.15, -0.1) is 0 Å². The normalized spacial score (nSPS) is 13.1. The molecular weight excluding hydrogens is 329 g/mol. The third kappa shape index (κ3) is 2.62. The average Bonchev–Trinajstić information content (AvgIpc) is 2.51. The van der Waals surface area contributed by atoms with Crippen molar-refractivity contribution in [2.75, 3.05) is 4.90 Å². The largest absolute Gasteiger partial charge is 0.505 e. The van der Waals surface area contributed by atoms with Gasteiger partial charge in [-0.3, -0.25) is 9.69 Å². The fourth-order valence-corrected chi connectivity index (χ4v) is 3.27. The summed E-state index contributed by atoms with van der Waals surface area (Å²) in [5.74, 6) is -0.483. The first-order valence-electron chi connectivity index (χ1n) is 6.02. The number of thioether (sulfide) groups is 1. The molecule has 2 aromatic carbocycles. The SMILES string of the molecule is O=C(c1cc(Cl)c(O)c(Cl)c1)N1C=CSc2ccccc21. The van der Waals surface area contributed by atoms with E-state index in [2.05, 4.69) is 0 Å². The summed E-state index contributed by atoms with van der Waals surface area (Å²) in [5.41, 5.74) is 1.12. The van der Waals surface area contributed by atoms with Crippen molar-refractivity contribution in [2.24, 2.45) is 0 Å². The highest BCUT2D eigenvalue weighted by Crippen LogP contribution is 2.37. The highest BCUT2D eigenvalue weighted by molar-refractivity contribution is 8.02. The lowest BCUT2D eigenvalue weighted by atomic mass is 10.1. The minimum absolute atomic E-state index is 0.0505. The molecule has 0 atom stereocenters. The zero-order chi connectivity index (χ0) is 15.0. The molecule has 1 aliphatic heterocycles. The number of phenolic OH excluding ortho intramolecular Hbond substituents is 1. The maximum atomic E-state index is 12.6. The van der Waals surface area contributed by atoms with Gasteiger partial charge in [0.05, 0.1) is 15.7 Å². The number of hydrogen-bond donors (Lipinski definition) is 1. The minimum Gasteiger partial charge on any atom is -0.505 e. The number of amides is 1. The van der Waals surface area contributed by atoms with Crippen LogP contribution in [0.1, 0.15) is 10.4 Å². The number of benzene rings is 2. The first-order chi connectivity index (χ1) is 10.1. The van der Waals surface area contributed by atoms with Crippen molar-refractivity contribution in [2.45, 2.75) is 4.90 Å². The summed E-state index contributed by atoms with van der Waals surface area (Å²) in [6, 6.07) is 10.4. The van der Waals surface area contributed by atoms with Gasteiger partial charge in [-0.05, 0) is 29.7 Å². The van der Waals surface area contributed by atoms with Crippen molar-refractivity contribution in [1.82, 2.24) is 0 Å². The summed E-state index contributed by atoms with van der Waals surface area (Å²) in [5, 5.41) is 11.5. The maximum Gasteiger partial charge on any atom is 0.262 e. The van der Waals surface area contributed by atoms with Crippen molar-refractivity contribution in [3.63, 3.8) is 0 Å². The van der Waals surface area contributed by atoms with Gasteiger partial charge >= 0.3 is 0 Å². The molecule has 0 saturated carbocycles. The number of nitrogens with zero attached hydrogens (tertiary/aromatic N) is 1. The molecule has 6 heteroatoms. The molecule has 21 heavy (non-hydrogen) atoms. The van der Waals surface area contributed by atoms with Crippen LogP contribution in [-0.4, -0.2) is 11.0 Å². The Morgan fingerprint density at radius 2 is 1.81 bits per heavy atom. The number of anilines is 1.